The van der Waals surface area contributed by atoms with Crippen molar-refractivity contribution in [2.45, 2.75) is 43.9 Å². The molecule has 2 aromatic carbocycles. The Kier molecular flexibility index (Phi) is 6.71. The van der Waals surface area contributed by atoms with Crippen LogP contribution in [-0.4, -0.2) is 51.9 Å². The summed E-state index contributed by atoms with van der Waals surface area (Å²) in [5.74, 6) is 1.51. The molecule has 2 aromatic rings. The zero-order valence-electron chi connectivity index (χ0n) is 18.5. The fourth-order valence-corrected chi connectivity index (χ4v) is 6.34. The number of thioether (sulfide) groups is 1. The van der Waals surface area contributed by atoms with Crippen LogP contribution in [0.5, 0.6) is 0 Å². The molecule has 2 aliphatic heterocycles. The lowest BCUT2D eigenvalue weighted by Crippen LogP contribution is -2.54. The van der Waals surface area contributed by atoms with Gasteiger partial charge in [-0.05, 0) is 29.9 Å². The maximum Gasteiger partial charge on any atom is 0.234 e. The smallest absolute Gasteiger partial charge is 0.234 e. The predicted molar refractivity (Wildman–Crippen MR) is 127 cm³/mol. The van der Waals surface area contributed by atoms with Gasteiger partial charge >= 0.3 is 0 Å². The van der Waals surface area contributed by atoms with Crippen LogP contribution in [0.2, 0.25) is 0 Å². The number of carbonyl (C=O) groups is 2. The molecule has 0 bridgehead atoms. The molecule has 0 aliphatic carbocycles. The van der Waals surface area contributed by atoms with Gasteiger partial charge in [0.15, 0.2) is 0 Å². The third-order valence-electron chi connectivity index (χ3n) is 6.43. The zero-order chi connectivity index (χ0) is 21.8. The molecule has 0 atom stereocenters. The summed E-state index contributed by atoms with van der Waals surface area (Å²) in [7, 11) is 0. The van der Waals surface area contributed by atoms with Crippen molar-refractivity contribution >= 4 is 23.6 Å². The fourth-order valence-electron chi connectivity index (χ4n) is 4.86. The Morgan fingerprint density at radius 1 is 0.903 bits per heavy atom. The minimum Gasteiger partial charge on any atom is -0.342 e. The molecule has 2 aliphatic rings. The zero-order valence-corrected chi connectivity index (χ0v) is 19.3. The predicted octanol–water partition coefficient (Wildman–Crippen LogP) is 4.76. The van der Waals surface area contributed by atoms with Gasteiger partial charge in [0.1, 0.15) is 0 Å². The van der Waals surface area contributed by atoms with Crippen LogP contribution < -0.4 is 0 Å². The lowest BCUT2D eigenvalue weighted by atomic mass is 9.89. The van der Waals surface area contributed by atoms with Gasteiger partial charge in [0, 0.05) is 31.8 Å². The first kappa shape index (κ1) is 21.9. The monoisotopic (exact) mass is 436 g/mol. The van der Waals surface area contributed by atoms with E-state index in [0.717, 1.165) is 36.3 Å². The second kappa shape index (κ2) is 9.47. The molecule has 0 aromatic heterocycles. The Labute approximate surface area is 190 Å². The summed E-state index contributed by atoms with van der Waals surface area (Å²) in [5, 5.41) is 0. The highest BCUT2D eigenvalue weighted by molar-refractivity contribution is 8.00. The van der Waals surface area contributed by atoms with E-state index in [0.29, 0.717) is 25.4 Å². The number of hydrogen-bond acceptors (Lipinski definition) is 3. The Balaban J connectivity index is 1.51. The van der Waals surface area contributed by atoms with E-state index in [1.807, 2.05) is 77.3 Å². The quantitative estimate of drug-likeness (QED) is 0.679. The molecule has 2 heterocycles. The van der Waals surface area contributed by atoms with Crippen LogP contribution in [0.1, 0.15) is 50.2 Å². The molecule has 2 saturated heterocycles. The molecule has 0 radical (unpaired) electrons. The molecule has 2 fully saturated rings. The van der Waals surface area contributed by atoms with Crippen molar-refractivity contribution < 1.29 is 9.59 Å². The maximum absolute atomic E-state index is 13.7. The second-order valence-electron chi connectivity index (χ2n) is 9.02. The Morgan fingerprint density at radius 2 is 1.45 bits per heavy atom. The molecule has 2 amide bonds. The van der Waals surface area contributed by atoms with E-state index in [-0.39, 0.29) is 22.6 Å². The number of nitrogens with zero attached hydrogens (tertiary/aromatic N) is 2. The molecule has 0 saturated carbocycles. The Morgan fingerprint density at radius 3 is 1.97 bits per heavy atom. The van der Waals surface area contributed by atoms with Crippen molar-refractivity contribution in [2.24, 2.45) is 5.92 Å². The normalized spacial score (nSPS) is 18.2. The Bertz CT molecular complexity index is 853. The SMILES string of the molecule is CC(C)CC(=O)N1CCSC12CCN(C(=O)C(c1ccccc1)c1ccccc1)CC2. The molecule has 0 N–H and O–H groups in total. The van der Waals surface area contributed by atoms with E-state index < -0.39 is 0 Å². The summed E-state index contributed by atoms with van der Waals surface area (Å²) >= 11 is 1.91. The van der Waals surface area contributed by atoms with E-state index in [1.165, 1.54) is 0 Å². The van der Waals surface area contributed by atoms with Crippen LogP contribution in [0.25, 0.3) is 0 Å². The van der Waals surface area contributed by atoms with Crippen LogP contribution in [0.15, 0.2) is 60.7 Å². The van der Waals surface area contributed by atoms with Gasteiger partial charge in [0.25, 0.3) is 0 Å². The van der Waals surface area contributed by atoms with Crippen molar-refractivity contribution in [2.75, 3.05) is 25.4 Å². The van der Waals surface area contributed by atoms with E-state index in [1.54, 1.807) is 0 Å². The summed E-state index contributed by atoms with van der Waals surface area (Å²) < 4.78 is 0. The third kappa shape index (κ3) is 4.67. The van der Waals surface area contributed by atoms with Crippen molar-refractivity contribution in [3.8, 4) is 0 Å². The highest BCUT2D eigenvalue weighted by atomic mass is 32.2. The molecule has 4 rings (SSSR count). The van der Waals surface area contributed by atoms with Crippen molar-refractivity contribution in [3.05, 3.63) is 71.8 Å². The van der Waals surface area contributed by atoms with Crippen molar-refractivity contribution in [1.29, 1.82) is 0 Å². The van der Waals surface area contributed by atoms with Gasteiger partial charge in [0.05, 0.1) is 10.8 Å². The lowest BCUT2D eigenvalue weighted by molar-refractivity contribution is -0.138. The topological polar surface area (TPSA) is 40.6 Å². The maximum atomic E-state index is 13.7. The van der Waals surface area contributed by atoms with Crippen molar-refractivity contribution in [1.82, 2.24) is 9.80 Å². The molecule has 5 heteroatoms. The number of carbonyl (C=O) groups excluding carboxylic acids is 2. The molecule has 1 spiro atoms. The molecular formula is C26H32N2O2S. The highest BCUT2D eigenvalue weighted by Crippen LogP contribution is 2.45. The van der Waals surface area contributed by atoms with Crippen LogP contribution in [-0.2, 0) is 9.59 Å². The van der Waals surface area contributed by atoms with E-state index in [9.17, 15) is 9.59 Å². The number of rotatable bonds is 5. The first-order valence-electron chi connectivity index (χ1n) is 11.3. The van der Waals surface area contributed by atoms with Crippen molar-refractivity contribution in [3.63, 3.8) is 0 Å². The summed E-state index contributed by atoms with van der Waals surface area (Å²) in [6, 6.07) is 20.1. The van der Waals surface area contributed by atoms with E-state index in [2.05, 4.69) is 18.7 Å². The minimum absolute atomic E-state index is 0.127. The molecule has 4 nitrogen and oxygen atoms in total. The summed E-state index contributed by atoms with van der Waals surface area (Å²) in [6.45, 7) is 6.44. The fraction of sp³-hybridized carbons (Fsp3) is 0.462. The summed E-state index contributed by atoms with van der Waals surface area (Å²) in [5.41, 5.74) is 2.06. The van der Waals surface area contributed by atoms with Gasteiger partial charge in [-0.15, -0.1) is 11.8 Å². The second-order valence-corrected chi connectivity index (χ2v) is 10.5. The number of benzene rings is 2. The third-order valence-corrected chi connectivity index (χ3v) is 7.98. The molecule has 164 valence electrons. The summed E-state index contributed by atoms with van der Waals surface area (Å²) in [6.07, 6.45) is 2.31. The number of hydrogen-bond donors (Lipinski definition) is 0. The number of likely N-dealkylation sites (tertiary alicyclic amines) is 1. The summed E-state index contributed by atoms with van der Waals surface area (Å²) in [4.78, 5) is 30.6. The standard InChI is InChI=1S/C26H32N2O2S/c1-20(2)19-23(29)28-17-18-31-26(28)13-15-27(16-14-26)25(30)24(21-9-5-3-6-10-21)22-11-7-4-8-12-22/h3-12,20,24H,13-19H2,1-2H3. The minimum atomic E-state index is -0.286. The number of piperidine rings is 1. The van der Waals surface area contributed by atoms with Gasteiger partial charge in [-0.25, -0.2) is 0 Å². The average molecular weight is 437 g/mol. The van der Waals surface area contributed by atoms with Gasteiger partial charge in [-0.3, -0.25) is 9.59 Å². The van der Waals surface area contributed by atoms with E-state index >= 15 is 0 Å². The van der Waals surface area contributed by atoms with Crippen LogP contribution in [0, 0.1) is 5.92 Å². The van der Waals surface area contributed by atoms with Crippen LogP contribution >= 0.6 is 11.8 Å². The Hall–Kier alpha value is -2.27. The van der Waals surface area contributed by atoms with Gasteiger partial charge in [-0.1, -0.05) is 74.5 Å². The molecule has 0 unspecified atom stereocenters. The van der Waals surface area contributed by atoms with Crippen LogP contribution in [0.3, 0.4) is 0 Å². The largest absolute Gasteiger partial charge is 0.342 e. The van der Waals surface area contributed by atoms with Gasteiger partial charge in [-0.2, -0.15) is 0 Å². The van der Waals surface area contributed by atoms with E-state index in [4.69, 9.17) is 0 Å². The highest BCUT2D eigenvalue weighted by Gasteiger charge is 2.47. The molecular weight excluding hydrogens is 404 g/mol. The first-order valence-corrected chi connectivity index (χ1v) is 12.3. The lowest BCUT2D eigenvalue weighted by Gasteiger charge is -2.45. The van der Waals surface area contributed by atoms with Gasteiger partial charge in [0.2, 0.25) is 11.8 Å². The number of amides is 2. The molecule has 31 heavy (non-hydrogen) atoms. The average Bonchev–Trinajstić information content (AvgIpc) is 3.18. The first-order chi connectivity index (χ1) is 15.0. The van der Waals surface area contributed by atoms with Gasteiger partial charge < -0.3 is 9.80 Å². The van der Waals surface area contributed by atoms with Crippen LogP contribution in [0.4, 0.5) is 0 Å².